The Hall–Kier alpha value is -1.76. The monoisotopic (exact) mass is 194 g/mol. The van der Waals surface area contributed by atoms with Crippen LogP contribution in [0, 0.1) is 0 Å². The molecular formula is C7H10N6O. The third-order valence-electron chi connectivity index (χ3n) is 1.59. The zero-order valence-corrected chi connectivity index (χ0v) is 7.85. The second-order valence-corrected chi connectivity index (χ2v) is 3.47. The van der Waals surface area contributed by atoms with Gasteiger partial charge in [-0.05, 0) is 13.8 Å². The zero-order valence-electron chi connectivity index (χ0n) is 7.85. The van der Waals surface area contributed by atoms with Gasteiger partial charge in [0.05, 0.1) is 5.54 Å². The van der Waals surface area contributed by atoms with Crippen LogP contribution in [-0.2, 0) is 5.54 Å². The minimum Gasteiger partial charge on any atom is -0.416 e. The molecule has 0 amide bonds. The van der Waals surface area contributed by atoms with Crippen LogP contribution >= 0.6 is 0 Å². The summed E-state index contributed by atoms with van der Waals surface area (Å²) in [4.78, 5) is 3.88. The maximum absolute atomic E-state index is 5.78. The smallest absolute Gasteiger partial charge is 0.285 e. The van der Waals surface area contributed by atoms with Gasteiger partial charge in [0.15, 0.2) is 0 Å². The molecule has 3 N–H and O–H groups in total. The molecule has 0 atom stereocenters. The first-order valence-electron chi connectivity index (χ1n) is 4.06. The highest BCUT2D eigenvalue weighted by atomic mass is 16.4. The fraction of sp³-hybridized carbons (Fsp3) is 0.429. The minimum atomic E-state index is -0.648. The van der Waals surface area contributed by atoms with E-state index in [9.17, 15) is 0 Å². The Balaban J connectivity index is 2.36. The highest BCUT2D eigenvalue weighted by molar-refractivity contribution is 5.37. The van der Waals surface area contributed by atoms with E-state index < -0.39 is 5.54 Å². The molecule has 7 nitrogen and oxygen atoms in total. The van der Waals surface area contributed by atoms with Crippen molar-refractivity contribution < 1.29 is 4.42 Å². The van der Waals surface area contributed by atoms with E-state index in [1.807, 2.05) is 0 Å². The van der Waals surface area contributed by atoms with E-state index >= 15 is 0 Å². The van der Waals surface area contributed by atoms with Crippen LogP contribution in [0.2, 0.25) is 0 Å². The van der Waals surface area contributed by atoms with Gasteiger partial charge >= 0.3 is 0 Å². The fourth-order valence-electron chi connectivity index (χ4n) is 0.888. The van der Waals surface area contributed by atoms with Gasteiger partial charge < -0.3 is 10.2 Å². The number of H-pyrrole nitrogens is 1. The zero-order chi connectivity index (χ0) is 10.2. The Bertz CT molecular complexity index is 412. The van der Waals surface area contributed by atoms with Crippen molar-refractivity contribution in [1.29, 1.82) is 0 Å². The molecule has 0 saturated carbocycles. The number of rotatable bonds is 2. The van der Waals surface area contributed by atoms with Gasteiger partial charge in [-0.15, -0.1) is 10.2 Å². The molecule has 2 aromatic rings. The number of aromatic nitrogens is 5. The van der Waals surface area contributed by atoms with Crippen LogP contribution in [0.5, 0.6) is 0 Å². The molecule has 0 spiro atoms. The molecule has 2 aromatic heterocycles. The lowest BCUT2D eigenvalue weighted by Gasteiger charge is -2.11. The van der Waals surface area contributed by atoms with Gasteiger partial charge in [0.25, 0.3) is 5.89 Å². The molecule has 0 saturated heterocycles. The molecule has 0 fully saturated rings. The number of aromatic amines is 1. The van der Waals surface area contributed by atoms with Gasteiger partial charge in [0.2, 0.25) is 11.7 Å². The van der Waals surface area contributed by atoms with Crippen molar-refractivity contribution in [2.24, 2.45) is 5.73 Å². The van der Waals surface area contributed by atoms with Crippen LogP contribution in [0.4, 0.5) is 0 Å². The molecule has 2 rings (SSSR count). The summed E-state index contributed by atoms with van der Waals surface area (Å²) in [6, 6.07) is 0. The summed E-state index contributed by atoms with van der Waals surface area (Å²) in [5.74, 6) is 1.09. The number of hydrogen-bond acceptors (Lipinski definition) is 6. The van der Waals surface area contributed by atoms with Crippen LogP contribution in [0.3, 0.4) is 0 Å². The third-order valence-corrected chi connectivity index (χ3v) is 1.59. The first-order chi connectivity index (χ1) is 6.57. The lowest BCUT2D eigenvalue weighted by Crippen LogP contribution is -2.29. The van der Waals surface area contributed by atoms with Crippen molar-refractivity contribution in [2.75, 3.05) is 0 Å². The van der Waals surface area contributed by atoms with E-state index in [4.69, 9.17) is 10.2 Å². The van der Waals surface area contributed by atoms with Crippen LogP contribution in [0.25, 0.3) is 11.7 Å². The van der Waals surface area contributed by atoms with E-state index in [-0.39, 0.29) is 5.89 Å². The second-order valence-electron chi connectivity index (χ2n) is 3.47. The number of nitrogens with two attached hydrogens (primary N) is 1. The summed E-state index contributed by atoms with van der Waals surface area (Å²) in [6.45, 7) is 3.56. The Morgan fingerprint density at radius 1 is 1.43 bits per heavy atom. The number of nitrogens with one attached hydrogen (secondary N) is 1. The van der Waals surface area contributed by atoms with Crippen molar-refractivity contribution in [3.8, 4) is 11.7 Å². The lowest BCUT2D eigenvalue weighted by atomic mass is 10.1. The fourth-order valence-corrected chi connectivity index (χ4v) is 0.888. The molecule has 0 bridgehead atoms. The molecule has 0 unspecified atom stereocenters. The Labute approximate surface area is 79.7 Å². The summed E-state index contributed by atoms with van der Waals surface area (Å²) in [6.07, 6.45) is 1.37. The first kappa shape index (κ1) is 8.82. The second kappa shape index (κ2) is 2.88. The van der Waals surface area contributed by atoms with Crippen LogP contribution in [-0.4, -0.2) is 25.4 Å². The minimum absolute atomic E-state index is 0.288. The summed E-state index contributed by atoms with van der Waals surface area (Å²) in [7, 11) is 0. The predicted molar refractivity (Wildman–Crippen MR) is 46.9 cm³/mol. The predicted octanol–water partition coefficient (Wildman–Crippen LogP) is 0.0485. The molecule has 0 aliphatic heterocycles. The Morgan fingerprint density at radius 2 is 2.21 bits per heavy atom. The molecule has 2 heterocycles. The Morgan fingerprint density at radius 3 is 2.71 bits per heavy atom. The molecule has 0 radical (unpaired) electrons. The van der Waals surface area contributed by atoms with E-state index in [0.717, 1.165) is 0 Å². The van der Waals surface area contributed by atoms with Gasteiger partial charge in [-0.25, -0.2) is 4.98 Å². The van der Waals surface area contributed by atoms with Crippen molar-refractivity contribution in [2.45, 2.75) is 19.4 Å². The summed E-state index contributed by atoms with van der Waals surface area (Å²) >= 11 is 0. The van der Waals surface area contributed by atoms with Gasteiger partial charge in [0, 0.05) is 0 Å². The molecule has 0 aliphatic carbocycles. The van der Waals surface area contributed by atoms with Gasteiger partial charge in [-0.2, -0.15) is 5.10 Å². The van der Waals surface area contributed by atoms with Crippen molar-refractivity contribution in [3.05, 3.63) is 12.2 Å². The lowest BCUT2D eigenvalue weighted by molar-refractivity contribution is 0.383. The highest BCUT2D eigenvalue weighted by Gasteiger charge is 2.23. The summed E-state index contributed by atoms with van der Waals surface area (Å²) in [5, 5.41) is 13.9. The quantitative estimate of drug-likeness (QED) is 0.699. The summed E-state index contributed by atoms with van der Waals surface area (Å²) < 4.78 is 5.31. The molecule has 74 valence electrons. The SMILES string of the molecule is CC(C)(N)c1nnc(-c2ncn[nH]2)o1. The van der Waals surface area contributed by atoms with Crippen LogP contribution in [0.1, 0.15) is 19.7 Å². The molecular weight excluding hydrogens is 184 g/mol. The highest BCUT2D eigenvalue weighted by Crippen LogP contribution is 2.18. The van der Waals surface area contributed by atoms with Gasteiger partial charge in [0.1, 0.15) is 6.33 Å². The standard InChI is InChI=1S/C7H10N6O/c1-7(2,8)6-13-12-5(14-6)4-9-3-10-11-4/h3H,8H2,1-2H3,(H,9,10,11). The average Bonchev–Trinajstić information content (AvgIpc) is 2.73. The average molecular weight is 194 g/mol. The third kappa shape index (κ3) is 1.49. The normalized spacial score (nSPS) is 11.9. The molecule has 0 aliphatic rings. The van der Waals surface area contributed by atoms with Crippen LogP contribution in [0.15, 0.2) is 10.7 Å². The van der Waals surface area contributed by atoms with E-state index in [1.54, 1.807) is 13.8 Å². The first-order valence-corrected chi connectivity index (χ1v) is 4.06. The number of hydrogen-bond donors (Lipinski definition) is 2. The van der Waals surface area contributed by atoms with Gasteiger partial charge in [-0.1, -0.05) is 0 Å². The molecule has 0 aromatic carbocycles. The maximum Gasteiger partial charge on any atom is 0.285 e. The van der Waals surface area contributed by atoms with E-state index in [0.29, 0.717) is 11.7 Å². The van der Waals surface area contributed by atoms with Gasteiger partial charge in [-0.3, -0.25) is 5.10 Å². The van der Waals surface area contributed by atoms with Crippen molar-refractivity contribution >= 4 is 0 Å². The Kier molecular flexibility index (Phi) is 1.81. The topological polar surface area (TPSA) is 107 Å². The van der Waals surface area contributed by atoms with E-state index in [2.05, 4.69) is 25.4 Å². The van der Waals surface area contributed by atoms with Crippen molar-refractivity contribution in [1.82, 2.24) is 25.4 Å². The van der Waals surface area contributed by atoms with Crippen LogP contribution < -0.4 is 5.73 Å². The maximum atomic E-state index is 5.78. The molecule has 14 heavy (non-hydrogen) atoms. The summed E-state index contributed by atoms with van der Waals surface area (Å²) in [5.41, 5.74) is 5.13. The van der Waals surface area contributed by atoms with E-state index in [1.165, 1.54) is 6.33 Å². The molecule has 7 heteroatoms. The number of nitrogens with zero attached hydrogens (tertiary/aromatic N) is 4. The largest absolute Gasteiger partial charge is 0.416 e. The van der Waals surface area contributed by atoms with Crippen molar-refractivity contribution in [3.63, 3.8) is 0 Å².